The maximum Gasteiger partial charge on any atom is 0.235 e. The molecule has 128 valence electrons. The van der Waals surface area contributed by atoms with Gasteiger partial charge in [0, 0.05) is 23.6 Å². The zero-order valence-electron chi connectivity index (χ0n) is 13.5. The monoisotopic (exact) mass is 358 g/mol. The van der Waals surface area contributed by atoms with E-state index in [1.165, 1.54) is 0 Å². The molecule has 1 saturated carbocycles. The first-order valence-electron chi connectivity index (χ1n) is 7.87. The van der Waals surface area contributed by atoms with Gasteiger partial charge in [-0.25, -0.2) is 0 Å². The number of halogens is 1. The minimum absolute atomic E-state index is 0.112. The van der Waals surface area contributed by atoms with Gasteiger partial charge in [-0.15, -0.1) is 10.2 Å². The fourth-order valence-electron chi connectivity index (χ4n) is 2.71. The maximum atomic E-state index is 12.6. The summed E-state index contributed by atoms with van der Waals surface area (Å²) < 4.78 is 10.7. The number of aryl methyl sites for hydroxylation is 1. The van der Waals surface area contributed by atoms with Crippen LogP contribution in [0.3, 0.4) is 0 Å². The van der Waals surface area contributed by atoms with E-state index in [1.54, 1.807) is 19.1 Å². The molecule has 1 aliphatic rings. The summed E-state index contributed by atoms with van der Waals surface area (Å²) in [5.74, 6) is 1.34. The van der Waals surface area contributed by atoms with Crippen molar-refractivity contribution in [1.29, 1.82) is 0 Å². The van der Waals surface area contributed by atoms with E-state index < -0.39 is 5.41 Å². The fraction of sp³-hybridized carbons (Fsp3) is 0.294. The van der Waals surface area contributed by atoms with Gasteiger partial charge >= 0.3 is 0 Å². The Hall–Kier alpha value is -2.67. The van der Waals surface area contributed by atoms with E-state index in [1.807, 2.05) is 18.2 Å². The second kappa shape index (κ2) is 6.00. The Morgan fingerprint density at radius 1 is 1.28 bits per heavy atom. The number of hydrogen-bond acceptors (Lipinski definition) is 6. The summed E-state index contributed by atoms with van der Waals surface area (Å²) in [7, 11) is 0. The average Bonchev–Trinajstić information content (AvgIpc) is 3.07. The van der Waals surface area contributed by atoms with Gasteiger partial charge in [0.15, 0.2) is 5.76 Å². The van der Waals surface area contributed by atoms with Crippen LogP contribution < -0.4 is 5.32 Å². The van der Waals surface area contributed by atoms with Crippen molar-refractivity contribution in [3.63, 3.8) is 0 Å². The summed E-state index contributed by atoms with van der Waals surface area (Å²) in [4.78, 5) is 12.6. The van der Waals surface area contributed by atoms with Crippen LogP contribution in [-0.4, -0.2) is 21.3 Å². The smallest absolute Gasteiger partial charge is 0.235 e. The molecule has 0 aliphatic heterocycles. The first-order valence-corrected chi connectivity index (χ1v) is 8.25. The third-order valence-corrected chi connectivity index (χ3v) is 4.53. The topological polar surface area (TPSA) is 94.1 Å². The first-order chi connectivity index (χ1) is 12.1. The molecule has 0 unspecified atom stereocenters. The van der Waals surface area contributed by atoms with Crippen molar-refractivity contribution in [2.45, 2.75) is 31.7 Å². The minimum atomic E-state index is -0.636. The number of nitrogens with one attached hydrogen (secondary N) is 1. The van der Waals surface area contributed by atoms with Gasteiger partial charge in [0.25, 0.3) is 0 Å². The Morgan fingerprint density at radius 3 is 2.68 bits per heavy atom. The van der Waals surface area contributed by atoms with Crippen LogP contribution in [0.15, 0.2) is 39.3 Å². The molecule has 0 radical (unpaired) electrons. The number of benzene rings is 1. The molecule has 1 aliphatic carbocycles. The highest BCUT2D eigenvalue weighted by atomic mass is 35.5. The standard InChI is InChI=1S/C17H15ClN4O3/c1-10-20-21-15(24-10)9-19-16(23)17(6-7-17)14-8-13(25-22-14)11-2-4-12(18)5-3-11/h2-5,8H,6-7,9H2,1H3,(H,19,23). The lowest BCUT2D eigenvalue weighted by Crippen LogP contribution is -2.34. The molecule has 25 heavy (non-hydrogen) atoms. The lowest BCUT2D eigenvalue weighted by atomic mass is 10.0. The Bertz CT molecular complexity index is 912. The zero-order chi connectivity index (χ0) is 17.4. The predicted octanol–water partition coefficient (Wildman–Crippen LogP) is 3.03. The minimum Gasteiger partial charge on any atom is -0.424 e. The normalized spacial score (nSPS) is 15.1. The zero-order valence-corrected chi connectivity index (χ0v) is 14.2. The number of rotatable bonds is 5. The van der Waals surface area contributed by atoms with Gasteiger partial charge in [-0.1, -0.05) is 16.8 Å². The highest BCUT2D eigenvalue weighted by molar-refractivity contribution is 6.30. The second-order valence-corrected chi connectivity index (χ2v) is 6.50. The maximum absolute atomic E-state index is 12.6. The van der Waals surface area contributed by atoms with Crippen LogP contribution in [0.2, 0.25) is 5.02 Å². The molecule has 4 rings (SSSR count). The molecular formula is C17H15ClN4O3. The molecule has 1 fully saturated rings. The number of carbonyl (C=O) groups excluding carboxylic acids is 1. The first kappa shape index (κ1) is 15.8. The quantitative estimate of drug-likeness (QED) is 0.753. The molecular weight excluding hydrogens is 344 g/mol. The molecule has 1 aromatic carbocycles. The van der Waals surface area contributed by atoms with E-state index in [9.17, 15) is 4.79 Å². The summed E-state index contributed by atoms with van der Waals surface area (Å²) in [6.07, 6.45) is 1.46. The lowest BCUT2D eigenvalue weighted by Gasteiger charge is -2.10. The third kappa shape index (κ3) is 3.02. The van der Waals surface area contributed by atoms with Crippen molar-refractivity contribution < 1.29 is 13.7 Å². The summed E-state index contributed by atoms with van der Waals surface area (Å²) in [6.45, 7) is 1.90. The van der Waals surface area contributed by atoms with Crippen LogP contribution in [0.1, 0.15) is 30.3 Å². The molecule has 2 aromatic heterocycles. The molecule has 1 N–H and O–H groups in total. The van der Waals surface area contributed by atoms with Gasteiger partial charge in [-0.2, -0.15) is 0 Å². The van der Waals surface area contributed by atoms with Crippen LogP contribution in [0.4, 0.5) is 0 Å². The largest absolute Gasteiger partial charge is 0.424 e. The Kier molecular flexibility index (Phi) is 3.80. The number of nitrogens with zero attached hydrogens (tertiary/aromatic N) is 3. The summed E-state index contributed by atoms with van der Waals surface area (Å²) in [5, 5.41) is 15.2. The molecule has 8 heteroatoms. The van der Waals surface area contributed by atoms with E-state index in [2.05, 4.69) is 20.7 Å². The molecule has 3 aromatic rings. The van der Waals surface area contributed by atoms with Crippen LogP contribution >= 0.6 is 11.6 Å². The second-order valence-electron chi connectivity index (χ2n) is 6.06. The fourth-order valence-corrected chi connectivity index (χ4v) is 2.84. The van der Waals surface area contributed by atoms with Gasteiger partial charge < -0.3 is 14.3 Å². The van der Waals surface area contributed by atoms with E-state index in [-0.39, 0.29) is 12.5 Å². The van der Waals surface area contributed by atoms with Gasteiger partial charge in [0.05, 0.1) is 17.7 Å². The van der Waals surface area contributed by atoms with Crippen molar-refractivity contribution in [2.75, 3.05) is 0 Å². The highest BCUT2D eigenvalue weighted by Gasteiger charge is 2.53. The summed E-state index contributed by atoms with van der Waals surface area (Å²) >= 11 is 5.90. The van der Waals surface area contributed by atoms with E-state index in [4.69, 9.17) is 20.5 Å². The van der Waals surface area contributed by atoms with Gasteiger partial charge in [0.2, 0.25) is 17.7 Å². The molecule has 2 heterocycles. The van der Waals surface area contributed by atoms with Crippen molar-refractivity contribution in [3.05, 3.63) is 52.8 Å². The van der Waals surface area contributed by atoms with E-state index >= 15 is 0 Å². The van der Waals surface area contributed by atoms with Crippen molar-refractivity contribution in [3.8, 4) is 11.3 Å². The van der Waals surface area contributed by atoms with Crippen LogP contribution in [0, 0.1) is 6.92 Å². The molecule has 0 saturated heterocycles. The van der Waals surface area contributed by atoms with Crippen LogP contribution in [0.25, 0.3) is 11.3 Å². The lowest BCUT2D eigenvalue weighted by molar-refractivity contribution is -0.124. The van der Waals surface area contributed by atoms with E-state index in [0.29, 0.717) is 28.3 Å². The number of hydrogen-bond donors (Lipinski definition) is 1. The van der Waals surface area contributed by atoms with E-state index in [0.717, 1.165) is 18.4 Å². The molecule has 0 bridgehead atoms. The van der Waals surface area contributed by atoms with Crippen LogP contribution in [-0.2, 0) is 16.8 Å². The third-order valence-electron chi connectivity index (χ3n) is 4.28. The number of carbonyl (C=O) groups is 1. The summed E-state index contributed by atoms with van der Waals surface area (Å²) in [5.41, 5.74) is 0.862. The Labute approximate surface area is 148 Å². The molecule has 7 nitrogen and oxygen atoms in total. The van der Waals surface area contributed by atoms with Crippen LogP contribution in [0.5, 0.6) is 0 Å². The number of amides is 1. The average molecular weight is 359 g/mol. The SMILES string of the molecule is Cc1nnc(CNC(=O)C2(c3cc(-c4ccc(Cl)cc4)on3)CC2)o1. The Balaban J connectivity index is 1.49. The van der Waals surface area contributed by atoms with Crippen molar-refractivity contribution in [1.82, 2.24) is 20.7 Å². The van der Waals surface area contributed by atoms with Gasteiger partial charge in [0.1, 0.15) is 0 Å². The molecule has 0 spiro atoms. The molecule has 0 atom stereocenters. The number of aromatic nitrogens is 3. The highest BCUT2D eigenvalue weighted by Crippen LogP contribution is 2.48. The van der Waals surface area contributed by atoms with Crippen molar-refractivity contribution >= 4 is 17.5 Å². The van der Waals surface area contributed by atoms with Gasteiger partial charge in [-0.05, 0) is 37.1 Å². The van der Waals surface area contributed by atoms with Gasteiger partial charge in [-0.3, -0.25) is 4.79 Å². The summed E-state index contributed by atoms with van der Waals surface area (Å²) in [6, 6.07) is 9.08. The Morgan fingerprint density at radius 2 is 2.04 bits per heavy atom. The van der Waals surface area contributed by atoms with Crippen molar-refractivity contribution in [2.24, 2.45) is 0 Å². The predicted molar refractivity (Wildman–Crippen MR) is 88.7 cm³/mol. The molecule has 1 amide bonds.